The van der Waals surface area contributed by atoms with Gasteiger partial charge in [-0.15, -0.1) is 0 Å². The van der Waals surface area contributed by atoms with Crippen LogP contribution in [0.4, 0.5) is 0 Å². The van der Waals surface area contributed by atoms with Gasteiger partial charge in [-0.2, -0.15) is 5.26 Å². The second-order valence-electron chi connectivity index (χ2n) is 3.05. The predicted octanol–water partition coefficient (Wildman–Crippen LogP) is 2.38. The summed E-state index contributed by atoms with van der Waals surface area (Å²) in [6.45, 7) is 0. The first kappa shape index (κ1) is 13.5. The second-order valence-corrected chi connectivity index (χ2v) is 4.29. The SMILES string of the molecule is COC(=O)/C(C#N)=C\c1cc(I)ccc1OC. The first-order valence-corrected chi connectivity index (χ1v) is 5.74. The molecule has 17 heavy (non-hydrogen) atoms. The van der Waals surface area contributed by atoms with Gasteiger partial charge in [0.1, 0.15) is 17.4 Å². The second kappa shape index (κ2) is 6.25. The number of halogens is 1. The van der Waals surface area contributed by atoms with Gasteiger partial charge in [0.05, 0.1) is 14.2 Å². The van der Waals surface area contributed by atoms with Gasteiger partial charge in [0.15, 0.2) is 0 Å². The molecule has 0 bridgehead atoms. The van der Waals surface area contributed by atoms with Crippen LogP contribution in [0.25, 0.3) is 6.08 Å². The predicted molar refractivity (Wildman–Crippen MR) is 71.3 cm³/mol. The van der Waals surface area contributed by atoms with Crippen LogP contribution in [0.15, 0.2) is 23.8 Å². The molecule has 0 heterocycles. The zero-order valence-corrected chi connectivity index (χ0v) is 11.5. The Bertz CT molecular complexity index is 503. The summed E-state index contributed by atoms with van der Waals surface area (Å²) in [6.07, 6.45) is 1.45. The summed E-state index contributed by atoms with van der Waals surface area (Å²) >= 11 is 2.14. The van der Waals surface area contributed by atoms with Gasteiger partial charge >= 0.3 is 5.97 Å². The van der Waals surface area contributed by atoms with E-state index in [9.17, 15) is 4.79 Å². The van der Waals surface area contributed by atoms with Gasteiger partial charge < -0.3 is 9.47 Å². The molecule has 0 spiro atoms. The molecule has 1 aromatic rings. The lowest BCUT2D eigenvalue weighted by atomic mass is 10.1. The molecule has 0 saturated carbocycles. The summed E-state index contributed by atoms with van der Waals surface area (Å²) in [5, 5.41) is 8.86. The average molecular weight is 343 g/mol. The minimum Gasteiger partial charge on any atom is -0.496 e. The van der Waals surface area contributed by atoms with E-state index in [1.165, 1.54) is 20.3 Å². The van der Waals surface area contributed by atoms with Gasteiger partial charge in [-0.1, -0.05) is 0 Å². The third-order valence-electron chi connectivity index (χ3n) is 2.02. The Morgan fingerprint density at radius 2 is 2.18 bits per heavy atom. The van der Waals surface area contributed by atoms with Crippen LogP contribution in [0, 0.1) is 14.9 Å². The van der Waals surface area contributed by atoms with Crippen molar-refractivity contribution in [3.05, 3.63) is 32.9 Å². The summed E-state index contributed by atoms with van der Waals surface area (Å²) in [6, 6.07) is 7.27. The van der Waals surface area contributed by atoms with Crippen molar-refractivity contribution in [2.24, 2.45) is 0 Å². The van der Waals surface area contributed by atoms with Crippen LogP contribution in [0.5, 0.6) is 5.75 Å². The number of ether oxygens (including phenoxy) is 2. The maximum absolute atomic E-state index is 11.3. The number of hydrogen-bond acceptors (Lipinski definition) is 4. The zero-order valence-electron chi connectivity index (χ0n) is 9.36. The van der Waals surface area contributed by atoms with E-state index < -0.39 is 5.97 Å². The molecule has 0 fully saturated rings. The molecule has 88 valence electrons. The topological polar surface area (TPSA) is 59.3 Å². The molecule has 4 nitrogen and oxygen atoms in total. The van der Waals surface area contributed by atoms with Crippen molar-refractivity contribution in [2.75, 3.05) is 14.2 Å². The Hall–Kier alpha value is -1.55. The van der Waals surface area contributed by atoms with Crippen LogP contribution in [0.3, 0.4) is 0 Å². The van der Waals surface area contributed by atoms with E-state index >= 15 is 0 Å². The lowest BCUT2D eigenvalue weighted by Gasteiger charge is -2.05. The highest BCUT2D eigenvalue weighted by Gasteiger charge is 2.10. The lowest BCUT2D eigenvalue weighted by molar-refractivity contribution is -0.135. The molecular weight excluding hydrogens is 333 g/mol. The number of methoxy groups -OCH3 is 2. The smallest absolute Gasteiger partial charge is 0.348 e. The number of rotatable bonds is 3. The average Bonchev–Trinajstić information content (AvgIpc) is 2.35. The summed E-state index contributed by atoms with van der Waals surface area (Å²) in [4.78, 5) is 11.3. The van der Waals surface area contributed by atoms with E-state index in [1.807, 2.05) is 12.1 Å². The van der Waals surface area contributed by atoms with Crippen molar-refractivity contribution in [3.63, 3.8) is 0 Å². The van der Waals surface area contributed by atoms with E-state index in [1.54, 1.807) is 12.1 Å². The quantitative estimate of drug-likeness (QED) is 0.366. The maximum atomic E-state index is 11.3. The van der Waals surface area contributed by atoms with Gasteiger partial charge in [-0.25, -0.2) is 4.79 Å². The third kappa shape index (κ3) is 3.46. The minimum atomic E-state index is -0.659. The fraction of sp³-hybridized carbons (Fsp3) is 0.167. The van der Waals surface area contributed by atoms with Crippen molar-refractivity contribution < 1.29 is 14.3 Å². The largest absolute Gasteiger partial charge is 0.496 e. The molecular formula is C12H10INO3. The molecule has 0 atom stereocenters. The van der Waals surface area contributed by atoms with Crippen LogP contribution in [-0.2, 0) is 9.53 Å². The number of nitrogens with zero attached hydrogens (tertiary/aromatic N) is 1. The number of esters is 1. The highest BCUT2D eigenvalue weighted by molar-refractivity contribution is 14.1. The number of nitriles is 1. The molecule has 0 aliphatic rings. The van der Waals surface area contributed by atoms with Crippen LogP contribution < -0.4 is 4.74 Å². The minimum absolute atomic E-state index is 0.0622. The molecule has 0 unspecified atom stereocenters. The fourth-order valence-electron chi connectivity index (χ4n) is 1.22. The molecule has 0 aliphatic heterocycles. The summed E-state index contributed by atoms with van der Waals surface area (Å²) in [5.41, 5.74) is 0.606. The first-order valence-electron chi connectivity index (χ1n) is 4.66. The lowest BCUT2D eigenvalue weighted by Crippen LogP contribution is -2.02. The van der Waals surface area contributed by atoms with Gasteiger partial charge in [-0.3, -0.25) is 0 Å². The van der Waals surface area contributed by atoms with E-state index in [2.05, 4.69) is 27.3 Å². The van der Waals surface area contributed by atoms with E-state index in [4.69, 9.17) is 10.00 Å². The maximum Gasteiger partial charge on any atom is 0.348 e. The van der Waals surface area contributed by atoms with Crippen LogP contribution in [0.2, 0.25) is 0 Å². The Balaban J connectivity index is 3.24. The van der Waals surface area contributed by atoms with Crippen molar-refractivity contribution >= 4 is 34.6 Å². The van der Waals surface area contributed by atoms with Crippen molar-refractivity contribution in [2.45, 2.75) is 0 Å². The number of carbonyl (C=O) groups excluding carboxylic acids is 1. The summed E-state index contributed by atoms with van der Waals surface area (Å²) in [5.74, 6) is -0.0597. The fourth-order valence-corrected chi connectivity index (χ4v) is 1.74. The monoisotopic (exact) mass is 343 g/mol. The molecule has 0 radical (unpaired) electrons. The molecule has 0 saturated heterocycles. The highest BCUT2D eigenvalue weighted by atomic mass is 127. The van der Waals surface area contributed by atoms with Crippen molar-refractivity contribution in [1.29, 1.82) is 5.26 Å². The Morgan fingerprint density at radius 1 is 1.47 bits per heavy atom. The Kier molecular flexibility index (Phi) is 4.97. The van der Waals surface area contributed by atoms with Crippen LogP contribution in [-0.4, -0.2) is 20.2 Å². The molecule has 0 aliphatic carbocycles. The number of carbonyl (C=O) groups is 1. The number of hydrogen-bond donors (Lipinski definition) is 0. The standard InChI is InChI=1S/C12H10INO3/c1-16-11-4-3-10(13)6-8(11)5-9(7-14)12(15)17-2/h3-6H,1-2H3/b9-5-. The molecule has 0 aromatic heterocycles. The summed E-state index contributed by atoms with van der Waals surface area (Å²) < 4.78 is 10.6. The zero-order chi connectivity index (χ0) is 12.8. The third-order valence-corrected chi connectivity index (χ3v) is 2.69. The molecule has 0 N–H and O–H groups in total. The van der Waals surface area contributed by atoms with Gasteiger partial charge in [-0.05, 0) is 46.9 Å². The normalized spacial score (nSPS) is 10.6. The summed E-state index contributed by atoms with van der Waals surface area (Å²) in [7, 11) is 2.77. The molecule has 1 aromatic carbocycles. The van der Waals surface area contributed by atoms with Crippen LogP contribution in [0.1, 0.15) is 5.56 Å². The van der Waals surface area contributed by atoms with E-state index in [0.29, 0.717) is 11.3 Å². The first-order chi connectivity index (χ1) is 8.12. The number of benzene rings is 1. The Morgan fingerprint density at radius 3 is 2.71 bits per heavy atom. The molecule has 5 heteroatoms. The highest BCUT2D eigenvalue weighted by Crippen LogP contribution is 2.23. The van der Waals surface area contributed by atoms with Gasteiger partial charge in [0.2, 0.25) is 0 Å². The van der Waals surface area contributed by atoms with E-state index in [0.717, 1.165) is 3.57 Å². The Labute approximate surface area is 113 Å². The van der Waals surface area contributed by atoms with Crippen molar-refractivity contribution in [3.8, 4) is 11.8 Å². The van der Waals surface area contributed by atoms with E-state index in [-0.39, 0.29) is 5.57 Å². The molecule has 0 amide bonds. The van der Waals surface area contributed by atoms with Gasteiger partial charge in [0.25, 0.3) is 0 Å². The van der Waals surface area contributed by atoms with Gasteiger partial charge in [0, 0.05) is 9.13 Å². The van der Waals surface area contributed by atoms with Crippen LogP contribution >= 0.6 is 22.6 Å². The molecule has 1 rings (SSSR count). The van der Waals surface area contributed by atoms with Crippen molar-refractivity contribution in [1.82, 2.24) is 0 Å².